The maximum atomic E-state index is 11.2. The van der Waals surface area contributed by atoms with Gasteiger partial charge in [0.05, 0.1) is 17.7 Å². The van der Waals surface area contributed by atoms with Crippen LogP contribution < -0.4 is 4.74 Å². The van der Waals surface area contributed by atoms with Crippen molar-refractivity contribution in [1.82, 2.24) is 4.57 Å². The van der Waals surface area contributed by atoms with Gasteiger partial charge in [-0.25, -0.2) is 0 Å². The molecule has 0 saturated carbocycles. The number of carbonyl (C=O) groups is 1. The molecule has 0 fully saturated rings. The highest BCUT2D eigenvalue weighted by atomic mass is 35.5. The fraction of sp³-hybridized carbons (Fsp3) is 0.357. The van der Waals surface area contributed by atoms with E-state index in [2.05, 4.69) is 6.92 Å². The second-order valence-electron chi connectivity index (χ2n) is 4.09. The Morgan fingerprint density at radius 3 is 2.78 bits per heavy atom. The predicted octanol–water partition coefficient (Wildman–Crippen LogP) is 3.92. The first-order chi connectivity index (χ1) is 8.72. The van der Waals surface area contributed by atoms with Gasteiger partial charge in [0.2, 0.25) is 0 Å². The Bertz CT molecular complexity index is 575. The minimum atomic E-state index is 0.510. The van der Waals surface area contributed by atoms with Crippen molar-refractivity contribution in [2.24, 2.45) is 0 Å². The van der Waals surface area contributed by atoms with Gasteiger partial charge in [-0.15, -0.1) is 0 Å². The molecule has 2 aromatic rings. The highest BCUT2D eigenvalue weighted by molar-refractivity contribution is 6.34. The average molecular weight is 266 g/mol. The quantitative estimate of drug-likeness (QED) is 0.768. The molecule has 0 saturated heterocycles. The Balaban J connectivity index is 2.66. The summed E-state index contributed by atoms with van der Waals surface area (Å²) < 4.78 is 7.42. The van der Waals surface area contributed by atoms with Gasteiger partial charge < -0.3 is 9.30 Å². The van der Waals surface area contributed by atoms with Crippen molar-refractivity contribution in [2.45, 2.75) is 26.8 Å². The summed E-state index contributed by atoms with van der Waals surface area (Å²) in [6.07, 6.45) is 1.78. The molecule has 0 aliphatic heterocycles. The van der Waals surface area contributed by atoms with Gasteiger partial charge in [0, 0.05) is 11.9 Å². The number of aromatic nitrogens is 1. The van der Waals surface area contributed by atoms with Crippen LogP contribution >= 0.6 is 11.6 Å². The number of rotatable bonds is 5. The standard InChI is InChI=1S/C14H16ClNO2/c1-3-7-16-13-6-5-10(18-4-2)8-11(13)12(9-17)14(16)15/h5-6,8-9H,3-4,7H2,1-2H3. The van der Waals surface area contributed by atoms with E-state index in [0.29, 0.717) is 17.3 Å². The van der Waals surface area contributed by atoms with Gasteiger partial charge in [0.15, 0.2) is 6.29 Å². The van der Waals surface area contributed by atoms with E-state index in [0.717, 1.165) is 35.9 Å². The number of nitrogens with zero attached hydrogens (tertiary/aromatic N) is 1. The summed E-state index contributed by atoms with van der Waals surface area (Å²) in [6.45, 7) is 5.42. The SMILES string of the molecule is CCCn1c(Cl)c(C=O)c2cc(OCC)ccc21. The molecule has 4 heteroatoms. The molecule has 1 heterocycles. The summed E-state index contributed by atoms with van der Waals surface area (Å²) in [5.41, 5.74) is 1.52. The number of carbonyl (C=O) groups excluding carboxylic acids is 1. The van der Waals surface area contributed by atoms with Crippen molar-refractivity contribution in [1.29, 1.82) is 0 Å². The zero-order valence-electron chi connectivity index (χ0n) is 10.6. The molecule has 0 aliphatic carbocycles. The van der Waals surface area contributed by atoms with Crippen LogP contribution in [0.3, 0.4) is 0 Å². The molecule has 1 aromatic heterocycles. The largest absolute Gasteiger partial charge is 0.494 e. The summed E-state index contributed by atoms with van der Waals surface area (Å²) in [6, 6.07) is 5.73. The predicted molar refractivity (Wildman–Crippen MR) is 73.8 cm³/mol. The van der Waals surface area contributed by atoms with Gasteiger partial charge in [0.1, 0.15) is 10.9 Å². The Hall–Kier alpha value is -1.48. The van der Waals surface area contributed by atoms with E-state index in [1.165, 1.54) is 0 Å². The summed E-state index contributed by atoms with van der Waals surface area (Å²) >= 11 is 6.25. The lowest BCUT2D eigenvalue weighted by molar-refractivity contribution is 0.112. The first-order valence-corrected chi connectivity index (χ1v) is 6.50. The first-order valence-electron chi connectivity index (χ1n) is 6.12. The van der Waals surface area contributed by atoms with Gasteiger partial charge in [-0.1, -0.05) is 18.5 Å². The Kier molecular flexibility index (Phi) is 3.92. The molecule has 96 valence electrons. The van der Waals surface area contributed by atoms with E-state index >= 15 is 0 Å². The monoisotopic (exact) mass is 265 g/mol. The second kappa shape index (κ2) is 5.44. The van der Waals surface area contributed by atoms with Crippen LogP contribution in [0.25, 0.3) is 10.9 Å². The van der Waals surface area contributed by atoms with Crippen molar-refractivity contribution in [2.75, 3.05) is 6.61 Å². The lowest BCUT2D eigenvalue weighted by Gasteiger charge is -2.06. The van der Waals surface area contributed by atoms with E-state index in [4.69, 9.17) is 16.3 Å². The smallest absolute Gasteiger partial charge is 0.153 e. The van der Waals surface area contributed by atoms with Crippen LogP contribution in [0.2, 0.25) is 5.15 Å². The first kappa shape index (κ1) is 13.0. The molecule has 0 spiro atoms. The Morgan fingerprint density at radius 1 is 1.39 bits per heavy atom. The van der Waals surface area contributed by atoms with Crippen LogP contribution in [0.4, 0.5) is 0 Å². The van der Waals surface area contributed by atoms with Gasteiger partial charge in [-0.05, 0) is 31.5 Å². The van der Waals surface area contributed by atoms with E-state index in [1.54, 1.807) is 0 Å². The van der Waals surface area contributed by atoms with Crippen molar-refractivity contribution in [3.63, 3.8) is 0 Å². The van der Waals surface area contributed by atoms with Gasteiger partial charge in [-0.2, -0.15) is 0 Å². The van der Waals surface area contributed by atoms with Crippen LogP contribution in [-0.4, -0.2) is 17.5 Å². The van der Waals surface area contributed by atoms with Crippen LogP contribution in [0.5, 0.6) is 5.75 Å². The molecule has 18 heavy (non-hydrogen) atoms. The molecule has 0 aliphatic rings. The fourth-order valence-corrected chi connectivity index (χ4v) is 2.46. The maximum Gasteiger partial charge on any atom is 0.153 e. The van der Waals surface area contributed by atoms with Gasteiger partial charge in [0.25, 0.3) is 0 Å². The molecule has 0 unspecified atom stereocenters. The van der Waals surface area contributed by atoms with E-state index in [9.17, 15) is 4.79 Å². The zero-order valence-corrected chi connectivity index (χ0v) is 11.3. The van der Waals surface area contributed by atoms with Crippen molar-refractivity contribution in [3.8, 4) is 5.75 Å². The summed E-state index contributed by atoms with van der Waals surface area (Å²) in [5, 5.41) is 1.37. The van der Waals surface area contributed by atoms with E-state index < -0.39 is 0 Å². The van der Waals surface area contributed by atoms with Crippen LogP contribution in [-0.2, 0) is 6.54 Å². The Labute approximate surface area is 111 Å². The topological polar surface area (TPSA) is 31.2 Å². The van der Waals surface area contributed by atoms with Crippen molar-refractivity contribution >= 4 is 28.8 Å². The molecule has 1 aromatic carbocycles. The highest BCUT2D eigenvalue weighted by Gasteiger charge is 2.15. The lowest BCUT2D eigenvalue weighted by atomic mass is 10.2. The third-order valence-electron chi connectivity index (χ3n) is 2.88. The minimum absolute atomic E-state index is 0.510. The molecular weight excluding hydrogens is 250 g/mol. The summed E-state index contributed by atoms with van der Waals surface area (Å²) in [4.78, 5) is 11.2. The molecule has 2 rings (SSSR count). The van der Waals surface area contributed by atoms with Crippen molar-refractivity contribution < 1.29 is 9.53 Å². The number of ether oxygens (including phenoxy) is 1. The molecule has 0 amide bonds. The van der Waals surface area contributed by atoms with Crippen LogP contribution in [0.1, 0.15) is 30.6 Å². The minimum Gasteiger partial charge on any atom is -0.494 e. The number of hydrogen-bond acceptors (Lipinski definition) is 2. The van der Waals surface area contributed by atoms with E-state index in [-0.39, 0.29) is 0 Å². The molecule has 0 radical (unpaired) electrons. The number of hydrogen-bond donors (Lipinski definition) is 0. The van der Waals surface area contributed by atoms with Gasteiger partial charge >= 0.3 is 0 Å². The molecule has 0 atom stereocenters. The van der Waals surface area contributed by atoms with Crippen LogP contribution in [0.15, 0.2) is 18.2 Å². The molecule has 3 nitrogen and oxygen atoms in total. The highest BCUT2D eigenvalue weighted by Crippen LogP contribution is 2.31. The van der Waals surface area contributed by atoms with E-state index in [1.807, 2.05) is 29.7 Å². The second-order valence-corrected chi connectivity index (χ2v) is 4.44. The number of aldehydes is 1. The number of aryl methyl sites for hydroxylation is 1. The molecule has 0 bridgehead atoms. The van der Waals surface area contributed by atoms with Crippen LogP contribution in [0, 0.1) is 0 Å². The third kappa shape index (κ3) is 2.10. The summed E-state index contributed by atoms with van der Waals surface area (Å²) in [5.74, 6) is 0.762. The zero-order chi connectivity index (χ0) is 13.1. The third-order valence-corrected chi connectivity index (χ3v) is 3.29. The normalized spacial score (nSPS) is 10.8. The maximum absolute atomic E-state index is 11.2. The Morgan fingerprint density at radius 2 is 2.17 bits per heavy atom. The average Bonchev–Trinajstić information content (AvgIpc) is 2.63. The molecule has 0 N–H and O–H groups in total. The number of benzene rings is 1. The summed E-state index contributed by atoms with van der Waals surface area (Å²) in [7, 11) is 0. The number of halogens is 1. The fourth-order valence-electron chi connectivity index (χ4n) is 2.14. The molecular formula is C14H16ClNO2. The lowest BCUT2D eigenvalue weighted by Crippen LogP contribution is -1.96. The number of fused-ring (bicyclic) bond motifs is 1. The van der Waals surface area contributed by atoms with Crippen molar-refractivity contribution in [3.05, 3.63) is 28.9 Å². The van der Waals surface area contributed by atoms with Gasteiger partial charge in [-0.3, -0.25) is 4.79 Å².